The smallest absolute Gasteiger partial charge is 0.220 e. The maximum absolute atomic E-state index is 13.2. The Bertz CT molecular complexity index is 1430. The van der Waals surface area contributed by atoms with Crippen LogP contribution in [0.25, 0.3) is 0 Å². The second kappa shape index (κ2) is 67.6. The number of ether oxygens (including phenoxy) is 2. The van der Waals surface area contributed by atoms with Gasteiger partial charge in [0.2, 0.25) is 5.91 Å². The molecular formula is C78H151NO8. The number of hydrogen-bond donors (Lipinski definition) is 6. The summed E-state index contributed by atoms with van der Waals surface area (Å²) in [5.74, 6) is -0.177. The van der Waals surface area contributed by atoms with Gasteiger partial charge in [0, 0.05) is 6.42 Å². The van der Waals surface area contributed by atoms with E-state index in [0.29, 0.717) is 6.42 Å². The number of allylic oxidation sites excluding steroid dienone is 3. The molecule has 9 heteroatoms. The number of aliphatic hydroxyl groups excluding tert-OH is 5. The highest BCUT2D eigenvalue weighted by Crippen LogP contribution is 2.24. The average Bonchev–Trinajstić information content (AvgIpc) is 3.46. The van der Waals surface area contributed by atoms with Crippen LogP contribution in [-0.4, -0.2) is 87.5 Å². The summed E-state index contributed by atoms with van der Waals surface area (Å²) in [6.45, 7) is 3.83. The van der Waals surface area contributed by atoms with Gasteiger partial charge < -0.3 is 40.3 Å². The number of carbonyl (C=O) groups excluding carboxylic acids is 1. The van der Waals surface area contributed by atoms with Crippen molar-refractivity contribution in [3.63, 3.8) is 0 Å². The standard InChI is InChI=1S/C78H151NO8/c1-3-5-7-9-11-13-15-17-19-21-23-25-27-29-31-32-33-34-35-36-37-38-39-40-42-44-46-48-50-52-54-56-58-60-62-64-66-68-74(82)79-71(70-86-78-77(85)76(84)75(83)73(69-80)87-78)72(81)67-65-63-61-59-57-55-53-51-49-47-45-43-41-30-28-26-24-22-20-18-16-14-12-10-8-6-4-2/h57,59,65,67,71-73,75-78,80-81,83-85H,3-56,58,60-64,66,68-70H2,1-2H3,(H,79,82)/b59-57+,67-65+. The molecule has 1 fully saturated rings. The minimum absolute atomic E-state index is 0.177. The maximum Gasteiger partial charge on any atom is 0.220 e. The molecule has 6 N–H and O–H groups in total. The molecule has 516 valence electrons. The summed E-state index contributed by atoms with van der Waals surface area (Å²) in [5, 5.41) is 54.8. The van der Waals surface area contributed by atoms with E-state index in [1.165, 1.54) is 353 Å². The van der Waals surface area contributed by atoms with Crippen LogP contribution < -0.4 is 5.32 Å². The molecule has 0 saturated carbocycles. The van der Waals surface area contributed by atoms with Gasteiger partial charge in [-0.1, -0.05) is 398 Å². The number of hydrogen-bond acceptors (Lipinski definition) is 8. The normalized spacial score (nSPS) is 18.0. The van der Waals surface area contributed by atoms with E-state index in [1.807, 2.05) is 6.08 Å². The SMILES string of the molecule is CCCCCCCCCCCCCCCCCCCCCCC/C=C/CC/C=C/C(O)C(COC1OC(CO)C(O)C(O)C1O)NC(=O)CCCCCCCCCCCCCCCCCCCCCCCCCCCCCCCCCCCCCCC. The first-order valence-corrected chi connectivity index (χ1v) is 39.1. The van der Waals surface area contributed by atoms with Crippen molar-refractivity contribution in [2.24, 2.45) is 0 Å². The average molecular weight is 1230 g/mol. The Balaban J connectivity index is 2.07. The first-order chi connectivity index (χ1) is 42.8. The Labute approximate surface area is 540 Å². The topological polar surface area (TPSA) is 149 Å². The molecule has 1 saturated heterocycles. The first-order valence-electron chi connectivity index (χ1n) is 39.1. The fourth-order valence-corrected chi connectivity index (χ4v) is 12.9. The van der Waals surface area contributed by atoms with Gasteiger partial charge in [-0.15, -0.1) is 0 Å². The van der Waals surface area contributed by atoms with Crippen LogP contribution in [0.3, 0.4) is 0 Å². The lowest BCUT2D eigenvalue weighted by Gasteiger charge is -2.40. The molecule has 0 aromatic carbocycles. The molecule has 1 aliphatic rings. The van der Waals surface area contributed by atoms with Crippen LogP contribution in [0.5, 0.6) is 0 Å². The molecule has 0 spiro atoms. The number of carbonyl (C=O) groups is 1. The molecule has 0 bridgehead atoms. The van der Waals surface area contributed by atoms with Crippen molar-refractivity contribution in [2.75, 3.05) is 13.2 Å². The fraction of sp³-hybridized carbons (Fsp3) is 0.936. The van der Waals surface area contributed by atoms with Crippen LogP contribution in [0, 0.1) is 0 Å². The lowest BCUT2D eigenvalue weighted by atomic mass is 9.99. The second-order valence-corrected chi connectivity index (χ2v) is 27.5. The van der Waals surface area contributed by atoms with Crippen molar-refractivity contribution in [2.45, 2.75) is 455 Å². The van der Waals surface area contributed by atoms with Crippen molar-refractivity contribution in [3.05, 3.63) is 24.3 Å². The summed E-state index contributed by atoms with van der Waals surface area (Å²) in [5.41, 5.74) is 0. The predicted molar refractivity (Wildman–Crippen MR) is 374 cm³/mol. The highest BCUT2D eigenvalue weighted by atomic mass is 16.7. The van der Waals surface area contributed by atoms with Gasteiger partial charge >= 0.3 is 0 Å². The van der Waals surface area contributed by atoms with Crippen LogP contribution >= 0.6 is 0 Å². The van der Waals surface area contributed by atoms with Crippen molar-refractivity contribution < 1.29 is 39.8 Å². The lowest BCUT2D eigenvalue weighted by molar-refractivity contribution is -0.302. The molecule has 0 aromatic rings. The van der Waals surface area contributed by atoms with Gasteiger partial charge in [0.25, 0.3) is 0 Å². The lowest BCUT2D eigenvalue weighted by Crippen LogP contribution is -2.60. The summed E-state index contributed by atoms with van der Waals surface area (Å²) < 4.78 is 11.3. The van der Waals surface area contributed by atoms with E-state index in [9.17, 15) is 30.3 Å². The molecule has 1 aliphatic heterocycles. The van der Waals surface area contributed by atoms with Crippen molar-refractivity contribution >= 4 is 5.91 Å². The Morgan fingerprint density at radius 1 is 0.379 bits per heavy atom. The largest absolute Gasteiger partial charge is 0.394 e. The number of amides is 1. The van der Waals surface area contributed by atoms with Gasteiger partial charge in [0.15, 0.2) is 6.29 Å². The van der Waals surface area contributed by atoms with Gasteiger partial charge in [-0.2, -0.15) is 0 Å². The molecule has 0 radical (unpaired) electrons. The van der Waals surface area contributed by atoms with E-state index >= 15 is 0 Å². The van der Waals surface area contributed by atoms with Crippen LogP contribution in [0.2, 0.25) is 0 Å². The third kappa shape index (κ3) is 56.0. The van der Waals surface area contributed by atoms with E-state index in [4.69, 9.17) is 9.47 Å². The number of aliphatic hydroxyl groups is 5. The molecule has 0 aliphatic carbocycles. The zero-order valence-corrected chi connectivity index (χ0v) is 58.1. The van der Waals surface area contributed by atoms with Crippen molar-refractivity contribution in [1.82, 2.24) is 5.32 Å². The summed E-state index contributed by atoms with van der Waals surface area (Å²) in [4.78, 5) is 13.2. The molecule has 1 heterocycles. The Morgan fingerprint density at radius 3 is 0.966 bits per heavy atom. The molecule has 9 nitrogen and oxygen atoms in total. The van der Waals surface area contributed by atoms with Crippen molar-refractivity contribution in [3.8, 4) is 0 Å². The van der Waals surface area contributed by atoms with Crippen LogP contribution in [0.15, 0.2) is 24.3 Å². The third-order valence-corrected chi connectivity index (χ3v) is 19.0. The van der Waals surface area contributed by atoms with E-state index in [1.54, 1.807) is 6.08 Å². The summed E-state index contributed by atoms with van der Waals surface area (Å²) in [7, 11) is 0. The Hall–Kier alpha value is -1.33. The Morgan fingerprint density at radius 2 is 0.655 bits per heavy atom. The van der Waals surface area contributed by atoms with Crippen LogP contribution in [-0.2, 0) is 14.3 Å². The van der Waals surface area contributed by atoms with E-state index in [-0.39, 0.29) is 12.5 Å². The molecule has 1 rings (SSSR count). The van der Waals surface area contributed by atoms with E-state index in [0.717, 1.165) is 38.5 Å². The van der Waals surface area contributed by atoms with Gasteiger partial charge in [-0.05, 0) is 32.1 Å². The highest BCUT2D eigenvalue weighted by molar-refractivity contribution is 5.76. The third-order valence-electron chi connectivity index (χ3n) is 19.0. The predicted octanol–water partition coefficient (Wildman–Crippen LogP) is 22.0. The van der Waals surface area contributed by atoms with Crippen molar-refractivity contribution in [1.29, 1.82) is 0 Å². The molecule has 7 atom stereocenters. The number of unbranched alkanes of at least 4 members (excludes halogenated alkanes) is 58. The summed E-state index contributed by atoms with van der Waals surface area (Å²) in [6, 6.07) is -0.821. The fourth-order valence-electron chi connectivity index (χ4n) is 12.9. The summed E-state index contributed by atoms with van der Waals surface area (Å²) >= 11 is 0. The molecular weight excluding hydrogens is 1080 g/mol. The Kier molecular flexibility index (Phi) is 65.0. The molecule has 7 unspecified atom stereocenters. The van der Waals surface area contributed by atoms with Gasteiger partial charge in [-0.25, -0.2) is 0 Å². The quantitative estimate of drug-likeness (QED) is 0.0261. The minimum Gasteiger partial charge on any atom is -0.394 e. The maximum atomic E-state index is 13.2. The van der Waals surface area contributed by atoms with Gasteiger partial charge in [0.1, 0.15) is 24.4 Å². The first kappa shape index (κ1) is 83.7. The van der Waals surface area contributed by atoms with Crippen LogP contribution in [0.4, 0.5) is 0 Å². The molecule has 87 heavy (non-hydrogen) atoms. The second-order valence-electron chi connectivity index (χ2n) is 27.5. The zero-order chi connectivity index (χ0) is 62.8. The van der Waals surface area contributed by atoms with Crippen LogP contribution in [0.1, 0.15) is 412 Å². The molecule has 1 amide bonds. The number of nitrogens with one attached hydrogen (secondary N) is 1. The summed E-state index contributed by atoms with van der Waals surface area (Å²) in [6.07, 6.45) is 83.4. The molecule has 0 aromatic heterocycles. The van der Waals surface area contributed by atoms with E-state index in [2.05, 4.69) is 31.3 Å². The zero-order valence-electron chi connectivity index (χ0n) is 58.1. The highest BCUT2D eigenvalue weighted by Gasteiger charge is 2.44. The number of rotatable bonds is 70. The monoisotopic (exact) mass is 1230 g/mol. The van der Waals surface area contributed by atoms with E-state index < -0.39 is 49.5 Å². The minimum atomic E-state index is -1.57. The van der Waals surface area contributed by atoms with Gasteiger partial charge in [-0.3, -0.25) is 4.79 Å². The van der Waals surface area contributed by atoms with Gasteiger partial charge in [0.05, 0.1) is 25.4 Å².